The Kier molecular flexibility index (Phi) is 59.4. The quantitative estimate of drug-likeness (QED) is 0.0193. The van der Waals surface area contributed by atoms with Gasteiger partial charge in [-0.15, -0.1) is 0 Å². The molecule has 0 radical (unpaired) electrons. The van der Waals surface area contributed by atoms with Crippen LogP contribution in [-0.4, -0.2) is 76.9 Å². The van der Waals surface area contributed by atoms with Gasteiger partial charge in [0.1, 0.15) is 0 Å². The fourth-order valence-electron chi connectivity index (χ4n) is 8.32. The minimum atomic E-state index is -4.61. The molecule has 2 atom stereocenters. The van der Waals surface area contributed by atoms with E-state index in [1.54, 1.807) is 0 Å². The second-order valence-electron chi connectivity index (χ2n) is 18.9. The zero-order valence-corrected chi connectivity index (χ0v) is 47.2. The third kappa shape index (κ3) is 64.5. The maximum atomic E-state index is 10.8. The third-order valence-corrected chi connectivity index (χ3v) is 13.3. The van der Waals surface area contributed by atoms with Crippen LogP contribution in [0.15, 0.2) is 24.3 Å². The van der Waals surface area contributed by atoms with Crippen molar-refractivity contribution in [2.24, 2.45) is 11.8 Å². The molecule has 0 N–H and O–H groups in total. The predicted octanol–water partition coefficient (Wildman–Crippen LogP) is 17.4. The van der Waals surface area contributed by atoms with Gasteiger partial charge in [0, 0.05) is 11.8 Å². The molecule has 0 saturated heterocycles. The fourth-order valence-corrected chi connectivity index (χ4v) is 9.01. The van der Waals surface area contributed by atoms with Crippen LogP contribution in [-0.2, 0) is 29.2 Å². The van der Waals surface area contributed by atoms with E-state index >= 15 is 0 Å². The van der Waals surface area contributed by atoms with Gasteiger partial charge in [-0.1, -0.05) is 283 Å². The Labute approximate surface area is 436 Å². The molecular weight excluding hydrogens is 881 g/mol. The summed E-state index contributed by atoms with van der Waals surface area (Å²) in [5.74, 6) is 0.0395. The SMILES string of the molecule is CCCCCCCCCCC/C=C/C(CCCCCCCCCCCC)COS(=O)(=O)[O-].CCCCCCCCCCC/C=C/C(CCCCCCCCCCCC)COS(=O)(=O)[O-].[Ca+2]. The van der Waals surface area contributed by atoms with Crippen LogP contribution in [0.25, 0.3) is 0 Å². The molecule has 11 heteroatoms. The number of rotatable bonds is 50. The van der Waals surface area contributed by atoms with Crippen molar-refractivity contribution in [1.82, 2.24) is 0 Å². The Hall–Kier alpha value is 0.480. The van der Waals surface area contributed by atoms with Crippen LogP contribution in [0.3, 0.4) is 0 Å². The second-order valence-corrected chi connectivity index (χ2v) is 21.0. The first-order valence-electron chi connectivity index (χ1n) is 27.5. The summed E-state index contributed by atoms with van der Waals surface area (Å²) in [6.45, 7) is 8.96. The van der Waals surface area contributed by atoms with E-state index in [4.69, 9.17) is 0 Å². The fraction of sp³-hybridized carbons (Fsp3) is 0.926. The van der Waals surface area contributed by atoms with Crippen molar-refractivity contribution in [2.75, 3.05) is 13.2 Å². The van der Waals surface area contributed by atoms with Gasteiger partial charge in [-0.2, -0.15) is 0 Å². The molecule has 0 spiro atoms. The predicted molar refractivity (Wildman–Crippen MR) is 279 cm³/mol. The Morgan fingerprint density at radius 2 is 0.538 bits per heavy atom. The molecule has 0 aliphatic carbocycles. The molecule has 384 valence electrons. The van der Waals surface area contributed by atoms with Crippen LogP contribution < -0.4 is 0 Å². The Balaban J connectivity index is -0.00000116. The van der Waals surface area contributed by atoms with Crippen LogP contribution in [0.1, 0.15) is 297 Å². The van der Waals surface area contributed by atoms with Gasteiger partial charge in [-0.3, -0.25) is 8.37 Å². The molecule has 0 heterocycles. The zero-order valence-electron chi connectivity index (χ0n) is 43.4. The summed E-state index contributed by atoms with van der Waals surface area (Å²) in [5, 5.41) is 0. The van der Waals surface area contributed by atoms with Gasteiger partial charge in [-0.05, 0) is 38.5 Å². The molecule has 0 aliphatic rings. The van der Waals surface area contributed by atoms with Crippen molar-refractivity contribution in [3.8, 4) is 0 Å². The van der Waals surface area contributed by atoms with Crippen molar-refractivity contribution in [2.45, 2.75) is 297 Å². The molecular formula is C54H106CaO8S2. The molecule has 0 fully saturated rings. The molecule has 0 rings (SSSR count). The first kappa shape index (κ1) is 69.7. The van der Waals surface area contributed by atoms with E-state index in [1.807, 2.05) is 0 Å². The van der Waals surface area contributed by atoms with Gasteiger partial charge in [0.05, 0.1) is 13.2 Å². The van der Waals surface area contributed by atoms with Crippen molar-refractivity contribution in [3.63, 3.8) is 0 Å². The summed E-state index contributed by atoms with van der Waals surface area (Å²) < 4.78 is 74.1. The molecule has 0 saturated carbocycles. The minimum absolute atomic E-state index is 0. The monoisotopic (exact) mass is 987 g/mol. The number of hydrogen-bond donors (Lipinski definition) is 0. The summed E-state index contributed by atoms with van der Waals surface area (Å²) in [7, 11) is -9.22. The summed E-state index contributed by atoms with van der Waals surface area (Å²) in [6, 6.07) is 0. The molecule has 0 bridgehead atoms. The molecule has 0 aliphatic heterocycles. The van der Waals surface area contributed by atoms with E-state index in [0.29, 0.717) is 0 Å². The average Bonchev–Trinajstić information content (AvgIpc) is 3.26. The Morgan fingerprint density at radius 1 is 0.338 bits per heavy atom. The number of unbranched alkanes of at least 4 members (excludes halogenated alkanes) is 36. The van der Waals surface area contributed by atoms with Gasteiger partial charge < -0.3 is 9.11 Å². The van der Waals surface area contributed by atoms with E-state index in [0.717, 1.165) is 38.5 Å². The van der Waals surface area contributed by atoms with Crippen molar-refractivity contribution in [1.29, 1.82) is 0 Å². The third-order valence-electron chi connectivity index (χ3n) is 12.5. The first-order chi connectivity index (χ1) is 31.0. The Morgan fingerprint density at radius 3 is 0.754 bits per heavy atom. The Bertz CT molecular complexity index is 1100. The molecule has 0 aromatic rings. The smallest absolute Gasteiger partial charge is 0.726 e. The van der Waals surface area contributed by atoms with E-state index in [9.17, 15) is 25.9 Å². The maximum Gasteiger partial charge on any atom is 2.00 e. The zero-order chi connectivity index (χ0) is 47.5. The van der Waals surface area contributed by atoms with Crippen LogP contribution in [0.2, 0.25) is 0 Å². The molecule has 65 heavy (non-hydrogen) atoms. The maximum absolute atomic E-state index is 10.8. The number of hydrogen-bond acceptors (Lipinski definition) is 8. The van der Waals surface area contributed by atoms with Gasteiger partial charge in [0.25, 0.3) is 0 Å². The largest absolute Gasteiger partial charge is 2.00 e. The normalized spacial score (nSPS) is 13.0. The van der Waals surface area contributed by atoms with Gasteiger partial charge in [0.2, 0.25) is 20.8 Å². The summed E-state index contributed by atoms with van der Waals surface area (Å²) in [6.07, 6.45) is 61.6. The standard InChI is InChI=1S/2C27H54O4S.Ca/c2*1-3-5-7-9-11-13-15-17-19-21-23-25-27(26-31-32(28,29)30)24-22-20-18-16-14-12-10-8-6-4-2;/h2*23,25,27H,3-22,24,26H2,1-2H3,(H,28,29,30);/q;;+2/p-2/b2*25-23+;. The summed E-state index contributed by atoms with van der Waals surface area (Å²) >= 11 is 0. The molecule has 0 aromatic heterocycles. The molecule has 0 aromatic carbocycles. The van der Waals surface area contributed by atoms with Gasteiger partial charge in [-0.25, -0.2) is 16.8 Å². The van der Waals surface area contributed by atoms with Crippen molar-refractivity contribution < 1.29 is 34.3 Å². The average molecular weight is 988 g/mol. The van der Waals surface area contributed by atoms with Crippen LogP contribution in [0.5, 0.6) is 0 Å². The van der Waals surface area contributed by atoms with Crippen molar-refractivity contribution in [3.05, 3.63) is 24.3 Å². The molecule has 8 nitrogen and oxygen atoms in total. The van der Waals surface area contributed by atoms with Gasteiger partial charge in [0.15, 0.2) is 0 Å². The van der Waals surface area contributed by atoms with E-state index < -0.39 is 20.8 Å². The minimum Gasteiger partial charge on any atom is -0.726 e. The first-order valence-corrected chi connectivity index (χ1v) is 30.2. The topological polar surface area (TPSA) is 133 Å². The van der Waals surface area contributed by atoms with E-state index in [-0.39, 0.29) is 62.8 Å². The van der Waals surface area contributed by atoms with E-state index in [2.05, 4.69) is 60.4 Å². The molecule has 2 unspecified atom stereocenters. The number of allylic oxidation sites excluding steroid dienone is 2. The van der Waals surface area contributed by atoms with Crippen LogP contribution in [0, 0.1) is 11.8 Å². The molecule has 0 amide bonds. The van der Waals surface area contributed by atoms with Crippen LogP contribution in [0.4, 0.5) is 0 Å². The van der Waals surface area contributed by atoms with Crippen LogP contribution >= 0.6 is 0 Å². The van der Waals surface area contributed by atoms with E-state index in [1.165, 1.54) is 231 Å². The van der Waals surface area contributed by atoms with Gasteiger partial charge >= 0.3 is 37.7 Å². The summed E-state index contributed by atoms with van der Waals surface area (Å²) in [4.78, 5) is 0. The van der Waals surface area contributed by atoms with Crippen molar-refractivity contribution >= 4 is 58.5 Å². The second kappa shape index (κ2) is 55.4. The summed E-state index contributed by atoms with van der Waals surface area (Å²) in [5.41, 5.74) is 0.